The van der Waals surface area contributed by atoms with Crippen molar-refractivity contribution in [3.05, 3.63) is 29.5 Å². The van der Waals surface area contributed by atoms with Gasteiger partial charge in [0.15, 0.2) is 0 Å². The summed E-state index contributed by atoms with van der Waals surface area (Å²) in [6, 6.07) is 6.32. The summed E-state index contributed by atoms with van der Waals surface area (Å²) < 4.78 is 1.88. The minimum absolute atomic E-state index is 0.134. The molecular weight excluding hydrogens is 300 g/mol. The zero-order valence-electron chi connectivity index (χ0n) is 15.0. The lowest BCUT2D eigenvalue weighted by Crippen LogP contribution is -2.33. The van der Waals surface area contributed by atoms with Crippen molar-refractivity contribution in [2.75, 3.05) is 20.1 Å². The van der Waals surface area contributed by atoms with Crippen molar-refractivity contribution in [2.24, 2.45) is 13.0 Å². The summed E-state index contributed by atoms with van der Waals surface area (Å²) in [5.74, 6) is 0.794. The maximum atomic E-state index is 12.2. The van der Waals surface area contributed by atoms with Crippen LogP contribution in [0.4, 0.5) is 0 Å². The molecule has 2 aromatic rings. The molecule has 2 heterocycles. The third-order valence-electron chi connectivity index (χ3n) is 5.04. The summed E-state index contributed by atoms with van der Waals surface area (Å²) in [4.78, 5) is 14.6. The summed E-state index contributed by atoms with van der Waals surface area (Å²) in [6.07, 6.45) is 4.10. The first-order chi connectivity index (χ1) is 11.5. The van der Waals surface area contributed by atoms with Crippen LogP contribution < -0.4 is 5.32 Å². The Balaban J connectivity index is 1.54. The summed E-state index contributed by atoms with van der Waals surface area (Å²) in [5, 5.41) is 8.74. The van der Waals surface area contributed by atoms with E-state index < -0.39 is 0 Å². The molecule has 24 heavy (non-hydrogen) atoms. The average molecular weight is 328 g/mol. The molecule has 1 aromatic heterocycles. The topological polar surface area (TPSA) is 50.2 Å². The van der Waals surface area contributed by atoms with Gasteiger partial charge in [0, 0.05) is 25.4 Å². The van der Waals surface area contributed by atoms with Crippen LogP contribution in [-0.2, 0) is 18.4 Å². The van der Waals surface area contributed by atoms with Crippen LogP contribution >= 0.6 is 0 Å². The minimum Gasteiger partial charge on any atom is -0.350 e. The predicted octanol–water partition coefficient (Wildman–Crippen LogP) is 2.62. The highest BCUT2D eigenvalue weighted by atomic mass is 16.1. The number of hydrogen-bond acceptors (Lipinski definition) is 3. The van der Waals surface area contributed by atoms with Crippen LogP contribution in [0.25, 0.3) is 10.9 Å². The third kappa shape index (κ3) is 3.96. The molecular formula is C19H28N4O. The number of carbonyl (C=O) groups excluding carboxylic acids is 1. The Bertz CT molecular complexity index is 721. The highest BCUT2D eigenvalue weighted by Crippen LogP contribution is 2.21. The molecule has 5 nitrogen and oxygen atoms in total. The Morgan fingerprint density at radius 1 is 1.38 bits per heavy atom. The second kappa shape index (κ2) is 7.34. The van der Waals surface area contributed by atoms with Gasteiger partial charge < -0.3 is 10.2 Å². The SMILES string of the molecule is Cc1ccc2c(c1)c(CNC(=O)CC[C@H]1CCCN(C)C1)nn2C. The molecule has 0 radical (unpaired) electrons. The molecule has 0 saturated carbocycles. The molecule has 1 saturated heterocycles. The van der Waals surface area contributed by atoms with Crippen molar-refractivity contribution in [3.8, 4) is 0 Å². The molecule has 1 amide bonds. The van der Waals surface area contributed by atoms with E-state index in [-0.39, 0.29) is 5.91 Å². The molecule has 1 fully saturated rings. The van der Waals surface area contributed by atoms with Gasteiger partial charge in [0.05, 0.1) is 17.8 Å². The lowest BCUT2D eigenvalue weighted by atomic mass is 9.93. The van der Waals surface area contributed by atoms with Gasteiger partial charge in [-0.05, 0) is 57.8 Å². The van der Waals surface area contributed by atoms with Crippen LogP contribution in [-0.4, -0.2) is 40.7 Å². The Labute approximate surface area is 144 Å². The number of amides is 1. The molecule has 0 bridgehead atoms. The monoisotopic (exact) mass is 328 g/mol. The zero-order valence-corrected chi connectivity index (χ0v) is 15.0. The van der Waals surface area contributed by atoms with E-state index in [0.717, 1.165) is 29.6 Å². The number of hydrogen-bond donors (Lipinski definition) is 1. The molecule has 130 valence electrons. The number of aryl methyl sites for hydroxylation is 2. The number of carbonyl (C=O) groups is 1. The number of nitrogens with zero attached hydrogens (tertiary/aromatic N) is 3. The first kappa shape index (κ1) is 17.0. The first-order valence-corrected chi connectivity index (χ1v) is 8.90. The molecule has 0 spiro atoms. The number of nitrogens with one attached hydrogen (secondary N) is 1. The number of piperidine rings is 1. The molecule has 0 unspecified atom stereocenters. The van der Waals surface area contributed by atoms with Gasteiger partial charge in [-0.3, -0.25) is 9.48 Å². The fourth-order valence-corrected chi connectivity index (χ4v) is 3.70. The van der Waals surface area contributed by atoms with Crippen molar-refractivity contribution in [3.63, 3.8) is 0 Å². The maximum absolute atomic E-state index is 12.2. The summed E-state index contributed by atoms with van der Waals surface area (Å²) >= 11 is 0. The number of aromatic nitrogens is 2. The van der Waals surface area contributed by atoms with Gasteiger partial charge in [-0.25, -0.2) is 0 Å². The van der Waals surface area contributed by atoms with Gasteiger partial charge >= 0.3 is 0 Å². The van der Waals surface area contributed by atoms with E-state index in [0.29, 0.717) is 18.9 Å². The minimum atomic E-state index is 0.134. The van der Waals surface area contributed by atoms with Crippen LogP contribution in [0.15, 0.2) is 18.2 Å². The second-order valence-corrected chi connectivity index (χ2v) is 7.18. The van der Waals surface area contributed by atoms with Crippen LogP contribution in [0, 0.1) is 12.8 Å². The van der Waals surface area contributed by atoms with Crippen molar-refractivity contribution in [1.29, 1.82) is 0 Å². The third-order valence-corrected chi connectivity index (χ3v) is 5.04. The fourth-order valence-electron chi connectivity index (χ4n) is 3.70. The number of rotatable bonds is 5. The standard InChI is InChI=1S/C19H28N4O/c1-14-6-8-18-16(11-14)17(21-23(18)3)12-20-19(24)9-7-15-5-4-10-22(2)13-15/h6,8,11,15H,4-5,7,9-10,12-13H2,1-3H3,(H,20,24)/t15-/m1/s1. The van der Waals surface area contributed by atoms with E-state index in [1.807, 2.05) is 11.7 Å². The molecule has 1 aliphatic heterocycles. The van der Waals surface area contributed by atoms with E-state index in [2.05, 4.69) is 47.5 Å². The lowest BCUT2D eigenvalue weighted by Gasteiger charge is -2.29. The smallest absolute Gasteiger partial charge is 0.220 e. The maximum Gasteiger partial charge on any atom is 0.220 e. The van der Waals surface area contributed by atoms with Crippen molar-refractivity contribution in [1.82, 2.24) is 20.0 Å². The molecule has 1 aromatic carbocycles. The molecule has 5 heteroatoms. The van der Waals surface area contributed by atoms with Gasteiger partial charge in [0.2, 0.25) is 5.91 Å². The number of likely N-dealkylation sites (tertiary alicyclic amines) is 1. The predicted molar refractivity (Wildman–Crippen MR) is 96.8 cm³/mol. The molecule has 1 aliphatic rings. The van der Waals surface area contributed by atoms with Crippen LogP contribution in [0.5, 0.6) is 0 Å². The van der Waals surface area contributed by atoms with Gasteiger partial charge in [0.1, 0.15) is 0 Å². The Hall–Kier alpha value is -1.88. The van der Waals surface area contributed by atoms with Gasteiger partial charge in [-0.15, -0.1) is 0 Å². The normalized spacial score (nSPS) is 18.9. The van der Waals surface area contributed by atoms with E-state index in [9.17, 15) is 4.79 Å². The highest BCUT2D eigenvalue weighted by molar-refractivity contribution is 5.83. The first-order valence-electron chi connectivity index (χ1n) is 8.90. The van der Waals surface area contributed by atoms with E-state index >= 15 is 0 Å². The van der Waals surface area contributed by atoms with Gasteiger partial charge in [-0.2, -0.15) is 5.10 Å². The summed E-state index contributed by atoms with van der Waals surface area (Å²) in [7, 11) is 4.11. The van der Waals surface area contributed by atoms with Gasteiger partial charge in [-0.1, -0.05) is 11.6 Å². The van der Waals surface area contributed by atoms with Crippen molar-refractivity contribution < 1.29 is 4.79 Å². The molecule has 0 aliphatic carbocycles. The lowest BCUT2D eigenvalue weighted by molar-refractivity contribution is -0.121. The summed E-state index contributed by atoms with van der Waals surface area (Å²) in [6.45, 7) is 4.90. The zero-order chi connectivity index (χ0) is 17.1. The second-order valence-electron chi connectivity index (χ2n) is 7.18. The summed E-state index contributed by atoms with van der Waals surface area (Å²) in [5.41, 5.74) is 3.27. The van der Waals surface area contributed by atoms with Crippen molar-refractivity contribution >= 4 is 16.8 Å². The van der Waals surface area contributed by atoms with Crippen LogP contribution in [0.2, 0.25) is 0 Å². The molecule has 1 atom stereocenters. The van der Waals surface area contributed by atoms with E-state index in [1.54, 1.807) is 0 Å². The Morgan fingerprint density at radius 3 is 3.00 bits per heavy atom. The quantitative estimate of drug-likeness (QED) is 0.918. The highest BCUT2D eigenvalue weighted by Gasteiger charge is 2.18. The van der Waals surface area contributed by atoms with Crippen LogP contribution in [0.1, 0.15) is 36.9 Å². The van der Waals surface area contributed by atoms with Crippen molar-refractivity contribution in [2.45, 2.75) is 39.2 Å². The largest absolute Gasteiger partial charge is 0.350 e. The Kier molecular flexibility index (Phi) is 5.19. The van der Waals surface area contributed by atoms with E-state index in [1.165, 1.54) is 24.9 Å². The molecule has 1 N–H and O–H groups in total. The number of benzene rings is 1. The molecule has 3 rings (SSSR count). The van der Waals surface area contributed by atoms with Gasteiger partial charge in [0.25, 0.3) is 0 Å². The van der Waals surface area contributed by atoms with Crippen LogP contribution in [0.3, 0.4) is 0 Å². The Morgan fingerprint density at radius 2 is 2.21 bits per heavy atom. The average Bonchev–Trinajstić information content (AvgIpc) is 2.86. The fraction of sp³-hybridized carbons (Fsp3) is 0.579. The van der Waals surface area contributed by atoms with E-state index in [4.69, 9.17) is 0 Å². The number of fused-ring (bicyclic) bond motifs is 1.